The van der Waals surface area contributed by atoms with Gasteiger partial charge in [-0.15, -0.1) is 0 Å². The standard InChI is InChI=1S/C13H19BrN2O/c1-10-5-6-11(9-12(10)14)13(17)15-7-4-8-16(2)3/h5-6,9H,4,7-8H2,1-3H3,(H,15,17). The molecule has 0 aliphatic heterocycles. The van der Waals surface area contributed by atoms with Crippen molar-refractivity contribution in [1.29, 1.82) is 0 Å². The molecule has 0 unspecified atom stereocenters. The van der Waals surface area contributed by atoms with Gasteiger partial charge in [-0.25, -0.2) is 0 Å². The molecule has 0 saturated carbocycles. The van der Waals surface area contributed by atoms with Crippen molar-refractivity contribution in [2.24, 2.45) is 0 Å². The Bertz CT molecular complexity index is 391. The van der Waals surface area contributed by atoms with Crippen LogP contribution in [0, 0.1) is 6.92 Å². The zero-order valence-electron chi connectivity index (χ0n) is 10.6. The lowest BCUT2D eigenvalue weighted by molar-refractivity contribution is 0.0952. The topological polar surface area (TPSA) is 32.3 Å². The van der Waals surface area contributed by atoms with E-state index in [1.54, 1.807) is 0 Å². The molecule has 0 atom stereocenters. The van der Waals surface area contributed by atoms with Crippen molar-refractivity contribution in [3.8, 4) is 0 Å². The lowest BCUT2D eigenvalue weighted by atomic mass is 10.1. The summed E-state index contributed by atoms with van der Waals surface area (Å²) in [5, 5.41) is 2.91. The van der Waals surface area contributed by atoms with Gasteiger partial charge in [-0.3, -0.25) is 4.79 Å². The molecule has 17 heavy (non-hydrogen) atoms. The van der Waals surface area contributed by atoms with Gasteiger partial charge in [-0.05, 0) is 51.7 Å². The van der Waals surface area contributed by atoms with E-state index in [-0.39, 0.29) is 5.91 Å². The van der Waals surface area contributed by atoms with Crippen molar-refractivity contribution < 1.29 is 4.79 Å². The summed E-state index contributed by atoms with van der Waals surface area (Å²) in [4.78, 5) is 13.9. The molecule has 1 rings (SSSR count). The van der Waals surface area contributed by atoms with Gasteiger partial charge in [0.15, 0.2) is 0 Å². The predicted molar refractivity (Wildman–Crippen MR) is 74.4 cm³/mol. The number of hydrogen-bond donors (Lipinski definition) is 1. The van der Waals surface area contributed by atoms with Gasteiger partial charge in [0.1, 0.15) is 0 Å². The second kappa shape index (κ2) is 6.77. The number of hydrogen-bond acceptors (Lipinski definition) is 2. The van der Waals surface area contributed by atoms with Gasteiger partial charge in [0, 0.05) is 16.6 Å². The molecule has 4 heteroatoms. The summed E-state index contributed by atoms with van der Waals surface area (Å²) in [5.74, 6) is -0.00976. The highest BCUT2D eigenvalue weighted by atomic mass is 79.9. The average Bonchev–Trinajstić information content (AvgIpc) is 2.27. The molecule has 1 aromatic rings. The molecular formula is C13H19BrN2O. The SMILES string of the molecule is Cc1ccc(C(=O)NCCCN(C)C)cc1Br. The summed E-state index contributed by atoms with van der Waals surface area (Å²) in [6, 6.07) is 5.65. The number of benzene rings is 1. The van der Waals surface area contributed by atoms with Crippen molar-refractivity contribution in [1.82, 2.24) is 10.2 Å². The first-order valence-electron chi connectivity index (χ1n) is 5.70. The van der Waals surface area contributed by atoms with Crippen LogP contribution in [-0.2, 0) is 0 Å². The fraction of sp³-hybridized carbons (Fsp3) is 0.462. The Kier molecular flexibility index (Phi) is 5.65. The van der Waals surface area contributed by atoms with Gasteiger partial charge < -0.3 is 10.2 Å². The minimum absolute atomic E-state index is 0.00976. The quantitative estimate of drug-likeness (QED) is 0.847. The van der Waals surface area contributed by atoms with E-state index in [1.807, 2.05) is 39.2 Å². The monoisotopic (exact) mass is 298 g/mol. The van der Waals surface area contributed by atoms with Crippen molar-refractivity contribution in [2.75, 3.05) is 27.2 Å². The first kappa shape index (κ1) is 14.2. The number of rotatable bonds is 5. The Hall–Kier alpha value is -0.870. The van der Waals surface area contributed by atoms with Gasteiger partial charge in [-0.1, -0.05) is 22.0 Å². The van der Waals surface area contributed by atoms with E-state index in [9.17, 15) is 4.79 Å². The van der Waals surface area contributed by atoms with E-state index in [4.69, 9.17) is 0 Å². The van der Waals surface area contributed by atoms with Gasteiger partial charge in [0.25, 0.3) is 5.91 Å². The zero-order valence-corrected chi connectivity index (χ0v) is 12.2. The van der Waals surface area contributed by atoms with Crippen LogP contribution < -0.4 is 5.32 Å². The van der Waals surface area contributed by atoms with Crippen molar-refractivity contribution in [2.45, 2.75) is 13.3 Å². The van der Waals surface area contributed by atoms with Gasteiger partial charge in [0.2, 0.25) is 0 Å². The van der Waals surface area contributed by atoms with Crippen LogP contribution in [0.5, 0.6) is 0 Å². The molecule has 0 fully saturated rings. The summed E-state index contributed by atoms with van der Waals surface area (Å²) >= 11 is 3.43. The molecule has 3 nitrogen and oxygen atoms in total. The highest BCUT2D eigenvalue weighted by molar-refractivity contribution is 9.10. The number of halogens is 1. The summed E-state index contributed by atoms with van der Waals surface area (Å²) in [5.41, 5.74) is 1.83. The minimum atomic E-state index is -0.00976. The van der Waals surface area contributed by atoms with Gasteiger partial charge in [-0.2, -0.15) is 0 Å². The van der Waals surface area contributed by atoms with E-state index in [0.717, 1.165) is 23.0 Å². The Morgan fingerprint density at radius 1 is 1.41 bits per heavy atom. The van der Waals surface area contributed by atoms with E-state index in [1.165, 1.54) is 0 Å². The first-order chi connectivity index (χ1) is 8.00. The Labute approximate surface area is 111 Å². The van der Waals surface area contributed by atoms with Crippen LogP contribution in [0.25, 0.3) is 0 Å². The van der Waals surface area contributed by atoms with Gasteiger partial charge >= 0.3 is 0 Å². The maximum atomic E-state index is 11.8. The lowest BCUT2D eigenvalue weighted by Gasteiger charge is -2.10. The molecule has 0 saturated heterocycles. The van der Waals surface area contributed by atoms with E-state index in [0.29, 0.717) is 12.1 Å². The van der Waals surface area contributed by atoms with Crippen molar-refractivity contribution >= 4 is 21.8 Å². The molecule has 0 radical (unpaired) electrons. The second-order valence-electron chi connectivity index (χ2n) is 4.38. The van der Waals surface area contributed by atoms with E-state index in [2.05, 4.69) is 26.1 Å². The van der Waals surface area contributed by atoms with E-state index < -0.39 is 0 Å². The van der Waals surface area contributed by atoms with Crippen LogP contribution in [-0.4, -0.2) is 38.0 Å². The number of carbonyl (C=O) groups is 1. The van der Waals surface area contributed by atoms with Crippen molar-refractivity contribution in [3.63, 3.8) is 0 Å². The third-order valence-corrected chi connectivity index (χ3v) is 3.36. The number of carbonyl (C=O) groups excluding carboxylic acids is 1. The third kappa shape index (κ3) is 4.88. The summed E-state index contributed by atoms with van der Waals surface area (Å²) in [6.45, 7) is 3.70. The summed E-state index contributed by atoms with van der Waals surface area (Å²) in [7, 11) is 4.05. The maximum absolute atomic E-state index is 11.8. The number of amides is 1. The maximum Gasteiger partial charge on any atom is 0.251 e. The predicted octanol–water partition coefficient (Wildman–Crippen LogP) is 2.44. The summed E-state index contributed by atoms with van der Waals surface area (Å²) < 4.78 is 0.971. The molecule has 1 aromatic carbocycles. The molecule has 0 aromatic heterocycles. The van der Waals surface area contributed by atoms with Crippen LogP contribution in [0.15, 0.2) is 22.7 Å². The fourth-order valence-corrected chi connectivity index (χ4v) is 1.81. The van der Waals surface area contributed by atoms with E-state index >= 15 is 0 Å². The fourth-order valence-electron chi connectivity index (χ4n) is 1.43. The molecular weight excluding hydrogens is 280 g/mol. The second-order valence-corrected chi connectivity index (χ2v) is 5.23. The van der Waals surface area contributed by atoms with Gasteiger partial charge in [0.05, 0.1) is 0 Å². The molecule has 94 valence electrons. The third-order valence-electron chi connectivity index (χ3n) is 2.50. The lowest BCUT2D eigenvalue weighted by Crippen LogP contribution is -2.27. The van der Waals surface area contributed by atoms with Crippen molar-refractivity contribution in [3.05, 3.63) is 33.8 Å². The number of nitrogens with zero attached hydrogens (tertiary/aromatic N) is 1. The highest BCUT2D eigenvalue weighted by Crippen LogP contribution is 2.17. The van der Waals surface area contributed by atoms with Crippen LogP contribution in [0.4, 0.5) is 0 Å². The smallest absolute Gasteiger partial charge is 0.251 e. The zero-order chi connectivity index (χ0) is 12.8. The minimum Gasteiger partial charge on any atom is -0.352 e. The first-order valence-corrected chi connectivity index (χ1v) is 6.49. The number of nitrogens with one attached hydrogen (secondary N) is 1. The molecule has 0 aliphatic rings. The Balaban J connectivity index is 2.44. The Morgan fingerprint density at radius 3 is 2.71 bits per heavy atom. The van der Waals surface area contributed by atoms with Crippen LogP contribution in [0.2, 0.25) is 0 Å². The molecule has 0 heterocycles. The Morgan fingerprint density at radius 2 is 2.12 bits per heavy atom. The molecule has 0 spiro atoms. The molecule has 0 bridgehead atoms. The largest absolute Gasteiger partial charge is 0.352 e. The molecule has 1 amide bonds. The summed E-state index contributed by atoms with van der Waals surface area (Å²) in [6.07, 6.45) is 0.964. The molecule has 1 N–H and O–H groups in total. The highest BCUT2D eigenvalue weighted by Gasteiger charge is 2.06. The van der Waals surface area contributed by atoms with Crippen LogP contribution >= 0.6 is 15.9 Å². The normalized spacial score (nSPS) is 10.6. The van der Waals surface area contributed by atoms with Crippen LogP contribution in [0.1, 0.15) is 22.3 Å². The number of aryl methyl sites for hydroxylation is 1. The average molecular weight is 299 g/mol. The molecule has 0 aliphatic carbocycles. The van der Waals surface area contributed by atoms with Crippen LogP contribution in [0.3, 0.4) is 0 Å².